The predicted molar refractivity (Wildman–Crippen MR) is 121 cm³/mol. The van der Waals surface area contributed by atoms with Crippen molar-refractivity contribution in [3.05, 3.63) is 87.6 Å². The molecule has 1 amide bonds. The zero-order valence-electron chi connectivity index (χ0n) is 16.5. The molecule has 0 atom stereocenters. The summed E-state index contributed by atoms with van der Waals surface area (Å²) < 4.78 is 0. The number of fused-ring (bicyclic) bond motifs is 1. The van der Waals surface area contributed by atoms with Crippen molar-refractivity contribution in [1.82, 2.24) is 9.97 Å². The van der Waals surface area contributed by atoms with E-state index >= 15 is 0 Å². The molecule has 0 saturated carbocycles. The summed E-state index contributed by atoms with van der Waals surface area (Å²) in [7, 11) is 0. The Balaban J connectivity index is 1.50. The van der Waals surface area contributed by atoms with E-state index in [1.807, 2.05) is 36.4 Å². The number of rotatable bonds is 7. The van der Waals surface area contributed by atoms with E-state index in [9.17, 15) is 14.9 Å². The van der Waals surface area contributed by atoms with Crippen LogP contribution in [0.3, 0.4) is 0 Å². The van der Waals surface area contributed by atoms with E-state index in [4.69, 9.17) is 11.6 Å². The highest BCUT2D eigenvalue weighted by atomic mass is 35.5. The van der Waals surface area contributed by atoms with Gasteiger partial charge in [0.05, 0.1) is 16.3 Å². The van der Waals surface area contributed by atoms with Crippen LogP contribution in [0.25, 0.3) is 22.3 Å². The molecule has 2 aromatic heterocycles. The Morgan fingerprint density at radius 3 is 2.77 bits per heavy atom. The van der Waals surface area contributed by atoms with Crippen LogP contribution in [0.15, 0.2) is 66.9 Å². The number of aryl methyl sites for hydroxylation is 1. The number of benzene rings is 2. The summed E-state index contributed by atoms with van der Waals surface area (Å²) in [5, 5.41) is 15.3. The normalized spacial score (nSPS) is 10.9. The third kappa shape index (κ3) is 4.73. The lowest BCUT2D eigenvalue weighted by Crippen LogP contribution is -2.11. The molecule has 156 valence electrons. The molecule has 2 aromatic carbocycles. The highest BCUT2D eigenvalue weighted by Crippen LogP contribution is 2.32. The lowest BCUT2D eigenvalue weighted by molar-refractivity contribution is -0.384. The van der Waals surface area contributed by atoms with E-state index in [0.717, 1.165) is 27.9 Å². The average molecular weight is 435 g/mol. The van der Waals surface area contributed by atoms with Crippen LogP contribution in [0.4, 0.5) is 11.4 Å². The van der Waals surface area contributed by atoms with E-state index in [2.05, 4.69) is 15.3 Å². The molecule has 31 heavy (non-hydrogen) atoms. The number of carbonyl (C=O) groups excluding carboxylic acids is 1. The van der Waals surface area contributed by atoms with Gasteiger partial charge in [-0.1, -0.05) is 23.7 Å². The van der Waals surface area contributed by atoms with E-state index in [0.29, 0.717) is 23.6 Å². The quantitative estimate of drug-likeness (QED) is 0.285. The number of hydrogen-bond acceptors (Lipinski definition) is 4. The van der Waals surface area contributed by atoms with Crippen LogP contribution >= 0.6 is 11.6 Å². The fourth-order valence-electron chi connectivity index (χ4n) is 3.56. The summed E-state index contributed by atoms with van der Waals surface area (Å²) in [6, 6.07) is 17.3. The SMILES string of the molecule is O=C(CCCc1c(-c2ccccn2)[nH]c2ccc(Cl)cc12)Nc1cccc([N+](=O)[O-])c1. The number of nitrogens with one attached hydrogen (secondary N) is 2. The van der Waals surface area contributed by atoms with Crippen LogP contribution in [-0.2, 0) is 11.2 Å². The summed E-state index contributed by atoms with van der Waals surface area (Å²) in [4.78, 5) is 30.6. The van der Waals surface area contributed by atoms with Crippen molar-refractivity contribution in [1.29, 1.82) is 0 Å². The number of non-ortho nitro benzene ring substituents is 1. The molecule has 0 bridgehead atoms. The lowest BCUT2D eigenvalue weighted by Gasteiger charge is -2.07. The van der Waals surface area contributed by atoms with Gasteiger partial charge in [0.2, 0.25) is 5.91 Å². The van der Waals surface area contributed by atoms with Gasteiger partial charge in [-0.25, -0.2) is 0 Å². The first-order valence-electron chi connectivity index (χ1n) is 9.77. The number of carbonyl (C=O) groups is 1. The van der Waals surface area contributed by atoms with Crippen molar-refractivity contribution in [2.24, 2.45) is 0 Å². The number of aromatic amines is 1. The van der Waals surface area contributed by atoms with E-state index in [1.54, 1.807) is 18.3 Å². The second-order valence-corrected chi connectivity index (χ2v) is 7.53. The maximum absolute atomic E-state index is 12.4. The van der Waals surface area contributed by atoms with Crippen LogP contribution in [-0.4, -0.2) is 20.8 Å². The third-order valence-corrected chi connectivity index (χ3v) is 5.20. The third-order valence-electron chi connectivity index (χ3n) is 4.96. The molecule has 2 heterocycles. The number of pyridine rings is 1. The van der Waals surface area contributed by atoms with Crippen molar-refractivity contribution in [3.8, 4) is 11.4 Å². The molecule has 2 N–H and O–H groups in total. The summed E-state index contributed by atoms with van der Waals surface area (Å²) in [6.45, 7) is 0. The van der Waals surface area contributed by atoms with Crippen molar-refractivity contribution >= 4 is 39.8 Å². The molecule has 0 unspecified atom stereocenters. The first kappa shape index (κ1) is 20.6. The molecule has 0 aliphatic heterocycles. The molecule has 0 aliphatic carbocycles. The molecule has 0 fully saturated rings. The Hall–Kier alpha value is -3.71. The van der Waals surface area contributed by atoms with Gasteiger partial charge in [0.25, 0.3) is 5.69 Å². The minimum Gasteiger partial charge on any atom is -0.353 e. The number of hydrogen-bond donors (Lipinski definition) is 2. The van der Waals surface area contributed by atoms with Gasteiger partial charge < -0.3 is 10.3 Å². The molecular weight excluding hydrogens is 416 g/mol. The smallest absolute Gasteiger partial charge is 0.271 e. The number of anilines is 1. The van der Waals surface area contributed by atoms with Gasteiger partial charge in [0.1, 0.15) is 0 Å². The molecule has 0 aliphatic rings. The maximum atomic E-state index is 12.4. The van der Waals surface area contributed by atoms with Crippen LogP contribution < -0.4 is 5.32 Å². The van der Waals surface area contributed by atoms with Crippen molar-refractivity contribution in [2.75, 3.05) is 5.32 Å². The van der Waals surface area contributed by atoms with Gasteiger partial charge in [-0.2, -0.15) is 0 Å². The minimum atomic E-state index is -0.489. The van der Waals surface area contributed by atoms with Crippen LogP contribution in [0.2, 0.25) is 5.02 Å². The van der Waals surface area contributed by atoms with Gasteiger partial charge >= 0.3 is 0 Å². The summed E-state index contributed by atoms with van der Waals surface area (Å²) in [5.74, 6) is -0.197. The average Bonchev–Trinajstić information content (AvgIpc) is 3.12. The molecule has 4 aromatic rings. The number of nitro benzene ring substituents is 1. The number of amides is 1. The Kier molecular flexibility index (Phi) is 5.95. The van der Waals surface area contributed by atoms with Gasteiger partial charge in [-0.3, -0.25) is 19.9 Å². The van der Waals surface area contributed by atoms with Crippen LogP contribution in [0, 0.1) is 10.1 Å². The van der Waals surface area contributed by atoms with E-state index in [-0.39, 0.29) is 18.0 Å². The number of nitrogens with zero attached hydrogens (tertiary/aromatic N) is 2. The fraction of sp³-hybridized carbons (Fsp3) is 0.130. The van der Waals surface area contributed by atoms with Crippen LogP contribution in [0.1, 0.15) is 18.4 Å². The Labute approximate surface area is 183 Å². The Bertz CT molecular complexity index is 1250. The van der Waals surface area contributed by atoms with Crippen molar-refractivity contribution in [3.63, 3.8) is 0 Å². The summed E-state index contributed by atoms with van der Waals surface area (Å²) in [5.41, 5.74) is 4.10. The van der Waals surface area contributed by atoms with Crippen molar-refractivity contribution in [2.45, 2.75) is 19.3 Å². The van der Waals surface area contributed by atoms with Crippen molar-refractivity contribution < 1.29 is 9.72 Å². The topological polar surface area (TPSA) is 101 Å². The number of nitro groups is 1. The van der Waals surface area contributed by atoms with E-state index < -0.39 is 4.92 Å². The molecule has 8 heteroatoms. The highest BCUT2D eigenvalue weighted by molar-refractivity contribution is 6.31. The number of aromatic nitrogens is 2. The molecule has 4 rings (SSSR count). The zero-order chi connectivity index (χ0) is 21.8. The second-order valence-electron chi connectivity index (χ2n) is 7.09. The molecule has 0 spiro atoms. The number of halogens is 1. The van der Waals surface area contributed by atoms with Gasteiger partial charge in [0, 0.05) is 46.4 Å². The molecule has 0 saturated heterocycles. The van der Waals surface area contributed by atoms with Gasteiger partial charge in [-0.15, -0.1) is 0 Å². The summed E-state index contributed by atoms with van der Waals surface area (Å²) >= 11 is 6.21. The van der Waals surface area contributed by atoms with Crippen LogP contribution in [0.5, 0.6) is 0 Å². The summed E-state index contributed by atoms with van der Waals surface area (Å²) in [6.07, 6.45) is 3.26. The van der Waals surface area contributed by atoms with Gasteiger partial charge in [-0.05, 0) is 54.8 Å². The highest BCUT2D eigenvalue weighted by Gasteiger charge is 2.15. The first-order valence-corrected chi connectivity index (χ1v) is 10.1. The fourth-order valence-corrected chi connectivity index (χ4v) is 3.73. The first-order chi connectivity index (χ1) is 15.0. The van der Waals surface area contributed by atoms with Gasteiger partial charge in [0.15, 0.2) is 0 Å². The number of H-pyrrole nitrogens is 1. The monoisotopic (exact) mass is 434 g/mol. The van der Waals surface area contributed by atoms with E-state index in [1.165, 1.54) is 12.1 Å². The standard InChI is InChI=1S/C23H19ClN4O3/c24-15-10-11-20-19(13-15)18(23(27-20)21-8-1-2-12-25-21)7-4-9-22(29)26-16-5-3-6-17(14-16)28(30)31/h1-3,5-6,8,10-14,27H,4,7,9H2,(H,26,29). The molecule has 0 radical (unpaired) electrons. The predicted octanol–water partition coefficient (Wildman–Crippen LogP) is 5.75. The Morgan fingerprint density at radius 2 is 2.00 bits per heavy atom. The largest absolute Gasteiger partial charge is 0.353 e. The molecular formula is C23H19ClN4O3. The minimum absolute atomic E-state index is 0.0616. The Morgan fingerprint density at radius 1 is 1.13 bits per heavy atom. The maximum Gasteiger partial charge on any atom is 0.271 e. The second kappa shape index (κ2) is 8.97. The zero-order valence-corrected chi connectivity index (χ0v) is 17.2. The lowest BCUT2D eigenvalue weighted by atomic mass is 10.0. The molecule has 7 nitrogen and oxygen atoms in total.